The van der Waals surface area contributed by atoms with Gasteiger partial charge in [-0.3, -0.25) is 19.7 Å². The van der Waals surface area contributed by atoms with Crippen LogP contribution < -0.4 is 10.4 Å². The molecule has 4 unspecified atom stereocenters. The predicted molar refractivity (Wildman–Crippen MR) is 81.1 cm³/mol. The molecule has 0 aromatic carbocycles. The van der Waals surface area contributed by atoms with E-state index in [1.807, 2.05) is 0 Å². The average Bonchev–Trinajstić information content (AvgIpc) is 2.40. The standard InChI is InChI=1S/C17H25NO6/c1-9-6-17(2,8-15(22)23)7-11(16(9)24)12(19)3-10-4-13(20)18-14(21)5-10/h9-12,19H,3-8H2,1-2H3,(H,22,23)(H,18,20,21)/p-1. The zero-order chi connectivity index (χ0) is 18.1. The van der Waals surface area contributed by atoms with E-state index in [4.69, 9.17) is 0 Å². The van der Waals surface area contributed by atoms with Gasteiger partial charge < -0.3 is 15.0 Å². The van der Waals surface area contributed by atoms with Crippen LogP contribution in [0.15, 0.2) is 0 Å². The predicted octanol–water partition coefficient (Wildman–Crippen LogP) is -0.448. The molecule has 7 nitrogen and oxygen atoms in total. The van der Waals surface area contributed by atoms with Crippen LogP contribution in [0.25, 0.3) is 0 Å². The highest BCUT2D eigenvalue weighted by Gasteiger charge is 2.44. The molecule has 1 saturated carbocycles. The molecule has 2 rings (SSSR count). The molecule has 2 fully saturated rings. The minimum atomic E-state index is -1.16. The summed E-state index contributed by atoms with van der Waals surface area (Å²) in [6.45, 7) is 3.54. The Morgan fingerprint density at radius 1 is 1.29 bits per heavy atom. The minimum Gasteiger partial charge on any atom is -0.550 e. The first-order valence-electron chi connectivity index (χ1n) is 8.34. The first-order valence-corrected chi connectivity index (χ1v) is 8.34. The molecule has 1 aliphatic heterocycles. The van der Waals surface area contributed by atoms with Gasteiger partial charge in [0.2, 0.25) is 11.8 Å². The summed E-state index contributed by atoms with van der Waals surface area (Å²) in [6.07, 6.45) is 0.0727. The summed E-state index contributed by atoms with van der Waals surface area (Å²) in [5.41, 5.74) is -0.600. The fourth-order valence-electron chi connectivity index (χ4n) is 4.27. The highest BCUT2D eigenvalue weighted by molar-refractivity contribution is 5.97. The lowest BCUT2D eigenvalue weighted by Gasteiger charge is -2.42. The first-order chi connectivity index (χ1) is 11.1. The van der Waals surface area contributed by atoms with Gasteiger partial charge in [-0.05, 0) is 37.0 Å². The molecule has 0 aromatic heterocycles. The maximum Gasteiger partial charge on any atom is 0.226 e. The summed E-state index contributed by atoms with van der Waals surface area (Å²) in [7, 11) is 0. The van der Waals surface area contributed by atoms with Gasteiger partial charge in [0, 0.05) is 30.6 Å². The summed E-state index contributed by atoms with van der Waals surface area (Å²) < 4.78 is 0. The van der Waals surface area contributed by atoms with Crippen molar-refractivity contribution in [3.63, 3.8) is 0 Å². The van der Waals surface area contributed by atoms with Gasteiger partial charge in [0.25, 0.3) is 0 Å². The molecule has 134 valence electrons. The van der Waals surface area contributed by atoms with Crippen molar-refractivity contribution in [3.05, 3.63) is 0 Å². The quantitative estimate of drug-likeness (QED) is 0.655. The number of aliphatic hydroxyl groups is 1. The Morgan fingerprint density at radius 3 is 2.42 bits per heavy atom. The Hall–Kier alpha value is -1.76. The van der Waals surface area contributed by atoms with Crippen molar-refractivity contribution in [2.75, 3.05) is 0 Å². The van der Waals surface area contributed by atoms with E-state index < -0.39 is 23.4 Å². The van der Waals surface area contributed by atoms with Gasteiger partial charge in [-0.15, -0.1) is 0 Å². The van der Waals surface area contributed by atoms with Crippen LogP contribution >= 0.6 is 0 Å². The van der Waals surface area contributed by atoms with E-state index >= 15 is 0 Å². The van der Waals surface area contributed by atoms with Crippen LogP contribution in [0.2, 0.25) is 0 Å². The van der Waals surface area contributed by atoms with Crippen molar-refractivity contribution in [1.29, 1.82) is 0 Å². The normalized spacial score (nSPS) is 33.2. The molecule has 2 amide bonds. The Labute approximate surface area is 140 Å². The summed E-state index contributed by atoms with van der Waals surface area (Å²) in [5, 5.41) is 23.7. The summed E-state index contributed by atoms with van der Waals surface area (Å²) >= 11 is 0. The lowest BCUT2D eigenvalue weighted by molar-refractivity contribution is -0.308. The van der Waals surface area contributed by atoms with Gasteiger partial charge in [0.1, 0.15) is 5.78 Å². The highest BCUT2D eigenvalue weighted by atomic mass is 16.4. The smallest absolute Gasteiger partial charge is 0.226 e. The Kier molecular flexibility index (Phi) is 5.42. The van der Waals surface area contributed by atoms with Gasteiger partial charge in [0.05, 0.1) is 6.10 Å². The van der Waals surface area contributed by atoms with Gasteiger partial charge in [-0.1, -0.05) is 13.8 Å². The molecule has 0 radical (unpaired) electrons. The van der Waals surface area contributed by atoms with Crippen molar-refractivity contribution < 1.29 is 29.4 Å². The second kappa shape index (κ2) is 7.01. The average molecular weight is 338 g/mol. The topological polar surface area (TPSA) is 124 Å². The summed E-state index contributed by atoms with van der Waals surface area (Å²) in [6, 6.07) is 0. The summed E-state index contributed by atoms with van der Waals surface area (Å²) in [4.78, 5) is 46.3. The van der Waals surface area contributed by atoms with Crippen LogP contribution in [0.5, 0.6) is 0 Å². The largest absolute Gasteiger partial charge is 0.550 e. The fraction of sp³-hybridized carbons (Fsp3) is 0.765. The Balaban J connectivity index is 2.07. The number of carbonyl (C=O) groups is 4. The van der Waals surface area contributed by atoms with Crippen LogP contribution in [0, 0.1) is 23.2 Å². The lowest BCUT2D eigenvalue weighted by atomic mass is 9.63. The third kappa shape index (κ3) is 4.41. The number of carbonyl (C=O) groups excluding carboxylic acids is 4. The Bertz CT molecular complexity index is 543. The molecular weight excluding hydrogens is 314 g/mol. The van der Waals surface area contributed by atoms with Crippen LogP contribution in [0.4, 0.5) is 0 Å². The van der Waals surface area contributed by atoms with Gasteiger partial charge >= 0.3 is 0 Å². The lowest BCUT2D eigenvalue weighted by Crippen LogP contribution is -2.46. The molecule has 7 heteroatoms. The minimum absolute atomic E-state index is 0.0788. The molecule has 2 aliphatic rings. The number of aliphatic carboxylic acids is 1. The molecule has 4 atom stereocenters. The van der Waals surface area contributed by atoms with E-state index in [1.54, 1.807) is 13.8 Å². The third-order valence-corrected chi connectivity index (χ3v) is 5.20. The maximum absolute atomic E-state index is 12.4. The van der Waals surface area contributed by atoms with Gasteiger partial charge in [-0.2, -0.15) is 0 Å². The van der Waals surface area contributed by atoms with Gasteiger partial charge in [0.15, 0.2) is 0 Å². The molecule has 1 saturated heterocycles. The number of ketones is 1. The van der Waals surface area contributed by atoms with E-state index in [2.05, 4.69) is 5.32 Å². The second-order valence-corrected chi connectivity index (χ2v) is 7.73. The maximum atomic E-state index is 12.4. The van der Waals surface area contributed by atoms with Crippen molar-refractivity contribution in [2.24, 2.45) is 23.2 Å². The number of imide groups is 1. The van der Waals surface area contributed by atoms with Crippen molar-refractivity contribution in [2.45, 2.75) is 58.5 Å². The second-order valence-electron chi connectivity index (χ2n) is 7.73. The van der Waals surface area contributed by atoms with Crippen molar-refractivity contribution in [3.8, 4) is 0 Å². The molecule has 24 heavy (non-hydrogen) atoms. The number of nitrogens with one attached hydrogen (secondary N) is 1. The number of rotatable bonds is 5. The zero-order valence-corrected chi connectivity index (χ0v) is 14.0. The van der Waals surface area contributed by atoms with Crippen LogP contribution in [0.3, 0.4) is 0 Å². The monoisotopic (exact) mass is 338 g/mol. The molecule has 0 spiro atoms. The van der Waals surface area contributed by atoms with E-state index in [0.717, 1.165) is 0 Å². The molecule has 0 aromatic rings. The number of hydrogen-bond acceptors (Lipinski definition) is 6. The van der Waals surface area contributed by atoms with E-state index in [9.17, 15) is 29.4 Å². The molecular formula is C17H24NO6-. The van der Waals surface area contributed by atoms with E-state index in [-0.39, 0.29) is 61.5 Å². The van der Waals surface area contributed by atoms with Crippen LogP contribution in [-0.4, -0.2) is 34.8 Å². The van der Waals surface area contributed by atoms with Crippen LogP contribution in [0.1, 0.15) is 52.4 Å². The number of aliphatic hydroxyl groups excluding tert-OH is 1. The number of amides is 2. The van der Waals surface area contributed by atoms with Crippen molar-refractivity contribution >= 4 is 23.6 Å². The van der Waals surface area contributed by atoms with Crippen LogP contribution in [-0.2, 0) is 19.2 Å². The number of hydrogen-bond donors (Lipinski definition) is 2. The van der Waals surface area contributed by atoms with Crippen molar-refractivity contribution in [1.82, 2.24) is 5.32 Å². The Morgan fingerprint density at radius 2 is 1.88 bits per heavy atom. The number of carboxylic acids is 1. The molecule has 0 bridgehead atoms. The van der Waals surface area contributed by atoms with Gasteiger partial charge in [-0.25, -0.2) is 0 Å². The first kappa shape index (κ1) is 18.6. The third-order valence-electron chi connectivity index (χ3n) is 5.20. The number of carboxylic acid groups (broad SMARTS) is 1. The van der Waals surface area contributed by atoms with E-state index in [0.29, 0.717) is 6.42 Å². The number of Topliss-reactive ketones (excluding diaryl/α,β-unsaturated/α-hetero) is 1. The zero-order valence-electron chi connectivity index (χ0n) is 14.0. The SMILES string of the molecule is CC1CC(C)(CC(=O)[O-])CC(C(O)CC2CC(=O)NC(=O)C2)C1=O. The highest BCUT2D eigenvalue weighted by Crippen LogP contribution is 2.44. The summed E-state index contributed by atoms with van der Waals surface area (Å²) in [5.74, 6) is -3.27. The van der Waals surface area contributed by atoms with E-state index in [1.165, 1.54) is 0 Å². The number of piperidine rings is 1. The molecule has 2 N–H and O–H groups in total. The fourth-order valence-corrected chi connectivity index (χ4v) is 4.27. The molecule has 1 aliphatic carbocycles. The molecule has 1 heterocycles.